The lowest BCUT2D eigenvalue weighted by Gasteiger charge is -2.12. The molecule has 0 aliphatic heterocycles. The Morgan fingerprint density at radius 3 is 2.12 bits per heavy atom. The van der Waals surface area contributed by atoms with Crippen molar-refractivity contribution in [2.24, 2.45) is 0 Å². The minimum atomic E-state index is -1.31. The molecule has 5 heteroatoms. The summed E-state index contributed by atoms with van der Waals surface area (Å²) in [5.74, 6) is -2.57. The average molecular weight is 223 g/mol. The number of rotatable bonds is 3. The fraction of sp³-hybridized carbons (Fsp3) is 0.364. The molecule has 0 radical (unpaired) electrons. The van der Waals surface area contributed by atoms with E-state index in [-0.39, 0.29) is 11.3 Å². The van der Waals surface area contributed by atoms with Gasteiger partial charge in [0.1, 0.15) is 0 Å². The summed E-state index contributed by atoms with van der Waals surface area (Å²) < 4.78 is 0. The van der Waals surface area contributed by atoms with Gasteiger partial charge in [-0.3, -0.25) is 0 Å². The van der Waals surface area contributed by atoms with E-state index in [2.05, 4.69) is 4.98 Å². The maximum atomic E-state index is 11.0. The van der Waals surface area contributed by atoms with Crippen LogP contribution in [0, 0.1) is 13.8 Å². The van der Waals surface area contributed by atoms with E-state index < -0.39 is 11.9 Å². The van der Waals surface area contributed by atoms with Crippen molar-refractivity contribution in [2.45, 2.75) is 27.2 Å². The van der Waals surface area contributed by atoms with Gasteiger partial charge in [-0.15, -0.1) is 0 Å². The molecule has 0 spiro atoms. The first-order chi connectivity index (χ1) is 7.40. The number of carbonyl (C=O) groups is 2. The van der Waals surface area contributed by atoms with Crippen LogP contribution in [-0.2, 0) is 6.42 Å². The topological polar surface area (TPSA) is 87.5 Å². The van der Waals surface area contributed by atoms with Crippen molar-refractivity contribution in [1.29, 1.82) is 0 Å². The first-order valence-electron chi connectivity index (χ1n) is 4.86. The molecular formula is C11H13NO4. The average Bonchev–Trinajstić information content (AvgIpc) is 2.16. The zero-order valence-corrected chi connectivity index (χ0v) is 9.37. The van der Waals surface area contributed by atoms with E-state index in [1.165, 1.54) is 0 Å². The largest absolute Gasteiger partial charge is 0.478 e. The van der Waals surface area contributed by atoms with Gasteiger partial charge in [0.05, 0.1) is 5.56 Å². The third-order valence-corrected chi connectivity index (χ3v) is 2.55. The van der Waals surface area contributed by atoms with Crippen LogP contribution in [0.25, 0.3) is 0 Å². The molecule has 0 aliphatic carbocycles. The Hall–Kier alpha value is -1.91. The van der Waals surface area contributed by atoms with Crippen molar-refractivity contribution >= 4 is 11.9 Å². The summed E-state index contributed by atoms with van der Waals surface area (Å²) in [6.45, 7) is 5.18. The minimum Gasteiger partial charge on any atom is -0.478 e. The van der Waals surface area contributed by atoms with E-state index in [0.29, 0.717) is 17.7 Å². The maximum absolute atomic E-state index is 11.0. The quantitative estimate of drug-likeness (QED) is 0.813. The third-order valence-electron chi connectivity index (χ3n) is 2.55. The van der Waals surface area contributed by atoms with Gasteiger partial charge in [-0.2, -0.15) is 0 Å². The van der Waals surface area contributed by atoms with E-state index in [4.69, 9.17) is 10.2 Å². The van der Waals surface area contributed by atoms with E-state index in [9.17, 15) is 9.59 Å². The van der Waals surface area contributed by atoms with Crippen molar-refractivity contribution in [2.75, 3.05) is 0 Å². The highest BCUT2D eigenvalue weighted by Gasteiger charge is 2.23. The van der Waals surface area contributed by atoms with Crippen LogP contribution >= 0.6 is 0 Å². The molecule has 1 rings (SSSR count). The Morgan fingerprint density at radius 2 is 1.75 bits per heavy atom. The number of carboxylic acids is 2. The zero-order chi connectivity index (χ0) is 12.5. The third kappa shape index (κ3) is 1.88. The first kappa shape index (κ1) is 12.2. The number of hydrogen-bond acceptors (Lipinski definition) is 3. The molecule has 0 fully saturated rings. The number of pyridine rings is 1. The van der Waals surface area contributed by atoms with Gasteiger partial charge in [-0.1, -0.05) is 6.92 Å². The molecule has 0 atom stereocenters. The van der Waals surface area contributed by atoms with Gasteiger partial charge >= 0.3 is 11.9 Å². The summed E-state index contributed by atoms with van der Waals surface area (Å²) >= 11 is 0. The number of aromatic nitrogens is 1. The zero-order valence-electron chi connectivity index (χ0n) is 9.37. The van der Waals surface area contributed by atoms with Gasteiger partial charge in [0.15, 0.2) is 5.69 Å². The van der Waals surface area contributed by atoms with Crippen LogP contribution in [0.5, 0.6) is 0 Å². The molecule has 2 N–H and O–H groups in total. The summed E-state index contributed by atoms with van der Waals surface area (Å²) in [6, 6.07) is 0. The second-order valence-corrected chi connectivity index (χ2v) is 3.49. The molecule has 0 bridgehead atoms. The molecule has 0 unspecified atom stereocenters. The van der Waals surface area contributed by atoms with Gasteiger partial charge in [-0.05, 0) is 31.4 Å². The summed E-state index contributed by atoms with van der Waals surface area (Å²) in [5, 5.41) is 17.9. The molecule has 1 aromatic rings. The van der Waals surface area contributed by atoms with Gasteiger partial charge in [0, 0.05) is 5.69 Å². The summed E-state index contributed by atoms with van der Waals surface area (Å²) in [5.41, 5.74) is 1.25. The highest BCUT2D eigenvalue weighted by Crippen LogP contribution is 2.20. The highest BCUT2D eigenvalue weighted by atomic mass is 16.4. The lowest BCUT2D eigenvalue weighted by atomic mass is 9.98. The number of aryl methyl sites for hydroxylation is 1. The molecule has 16 heavy (non-hydrogen) atoms. The lowest BCUT2D eigenvalue weighted by Crippen LogP contribution is -2.16. The second kappa shape index (κ2) is 4.30. The van der Waals surface area contributed by atoms with Crippen LogP contribution in [0.4, 0.5) is 0 Å². The highest BCUT2D eigenvalue weighted by molar-refractivity contribution is 6.01. The molecule has 0 amide bonds. The Morgan fingerprint density at radius 1 is 1.19 bits per heavy atom. The van der Waals surface area contributed by atoms with Crippen LogP contribution in [0.2, 0.25) is 0 Å². The van der Waals surface area contributed by atoms with E-state index >= 15 is 0 Å². The standard InChI is InChI=1S/C11H13NO4/c1-4-7-5(2)8(10(13)14)9(11(15)16)12-6(7)3/h4H2,1-3H3,(H,13,14)(H,15,16). The lowest BCUT2D eigenvalue weighted by molar-refractivity contribution is 0.0645. The van der Waals surface area contributed by atoms with Crippen molar-refractivity contribution in [1.82, 2.24) is 4.98 Å². The number of hydrogen-bond donors (Lipinski definition) is 2. The predicted molar refractivity (Wildman–Crippen MR) is 57.0 cm³/mol. The van der Waals surface area contributed by atoms with Crippen molar-refractivity contribution in [3.63, 3.8) is 0 Å². The van der Waals surface area contributed by atoms with E-state index in [0.717, 1.165) is 5.56 Å². The molecule has 1 aromatic heterocycles. The molecule has 0 aromatic carbocycles. The first-order valence-corrected chi connectivity index (χ1v) is 4.86. The second-order valence-electron chi connectivity index (χ2n) is 3.49. The fourth-order valence-electron chi connectivity index (χ4n) is 1.83. The van der Waals surface area contributed by atoms with Gasteiger partial charge in [0.25, 0.3) is 0 Å². The van der Waals surface area contributed by atoms with Crippen LogP contribution in [0.3, 0.4) is 0 Å². The minimum absolute atomic E-state index is 0.213. The molecule has 1 heterocycles. The Balaban J connectivity index is 3.65. The molecule has 86 valence electrons. The number of nitrogens with zero attached hydrogens (tertiary/aromatic N) is 1. The number of carboxylic acid groups (broad SMARTS) is 2. The monoisotopic (exact) mass is 223 g/mol. The fourth-order valence-corrected chi connectivity index (χ4v) is 1.83. The normalized spacial score (nSPS) is 10.2. The van der Waals surface area contributed by atoms with Gasteiger partial charge in [-0.25, -0.2) is 14.6 Å². The van der Waals surface area contributed by atoms with Crippen LogP contribution in [0.1, 0.15) is 44.6 Å². The number of aromatic carboxylic acids is 2. The predicted octanol–water partition coefficient (Wildman–Crippen LogP) is 1.66. The molecule has 0 aliphatic rings. The smallest absolute Gasteiger partial charge is 0.355 e. The Bertz CT molecular complexity index is 466. The van der Waals surface area contributed by atoms with Crippen LogP contribution < -0.4 is 0 Å². The summed E-state index contributed by atoms with van der Waals surface area (Å²) in [7, 11) is 0. The van der Waals surface area contributed by atoms with E-state index in [1.54, 1.807) is 13.8 Å². The molecule has 0 saturated carbocycles. The van der Waals surface area contributed by atoms with E-state index in [1.807, 2.05) is 6.92 Å². The molecule has 5 nitrogen and oxygen atoms in total. The van der Waals surface area contributed by atoms with Crippen molar-refractivity contribution in [3.8, 4) is 0 Å². The van der Waals surface area contributed by atoms with Crippen molar-refractivity contribution < 1.29 is 19.8 Å². The Labute approximate surface area is 92.8 Å². The molecular weight excluding hydrogens is 210 g/mol. The van der Waals surface area contributed by atoms with Crippen LogP contribution in [0.15, 0.2) is 0 Å². The van der Waals surface area contributed by atoms with Gasteiger partial charge in [0.2, 0.25) is 0 Å². The maximum Gasteiger partial charge on any atom is 0.355 e. The molecule has 0 saturated heterocycles. The van der Waals surface area contributed by atoms with Crippen LogP contribution in [-0.4, -0.2) is 27.1 Å². The van der Waals surface area contributed by atoms with Crippen molar-refractivity contribution in [3.05, 3.63) is 28.1 Å². The summed E-state index contributed by atoms with van der Waals surface area (Å²) in [6.07, 6.45) is 0.630. The SMILES string of the molecule is CCc1c(C)nc(C(=O)O)c(C(=O)O)c1C. The van der Waals surface area contributed by atoms with Gasteiger partial charge < -0.3 is 10.2 Å². The Kier molecular flexibility index (Phi) is 3.27. The summed E-state index contributed by atoms with van der Waals surface area (Å²) in [4.78, 5) is 25.8.